The van der Waals surface area contributed by atoms with Crippen LogP contribution in [0.4, 0.5) is 0 Å². The van der Waals surface area contributed by atoms with E-state index in [1.807, 2.05) is 32.0 Å². The minimum atomic E-state index is -2.96. The molecule has 8 nitrogen and oxygen atoms in total. The monoisotopic (exact) mass is 392 g/mol. The molecule has 0 aliphatic rings. The van der Waals surface area contributed by atoms with Crippen LogP contribution in [0.2, 0.25) is 0 Å². The van der Waals surface area contributed by atoms with Crippen LogP contribution in [0.25, 0.3) is 0 Å². The van der Waals surface area contributed by atoms with Gasteiger partial charge in [-0.05, 0) is 31.4 Å². The van der Waals surface area contributed by atoms with Crippen LogP contribution in [0.5, 0.6) is 0 Å². The molecule has 0 saturated carbocycles. The highest BCUT2D eigenvalue weighted by molar-refractivity contribution is 7.90. The Morgan fingerprint density at radius 2 is 2.11 bits per heavy atom. The highest BCUT2D eigenvalue weighted by Crippen LogP contribution is 2.08. The molecule has 0 bridgehead atoms. The minimum Gasteiger partial charge on any atom is -0.357 e. The van der Waals surface area contributed by atoms with E-state index in [0.717, 1.165) is 17.7 Å². The summed E-state index contributed by atoms with van der Waals surface area (Å²) in [5, 5.41) is 10.6. The van der Waals surface area contributed by atoms with Crippen LogP contribution >= 0.6 is 0 Å². The molecular formula is C18H28N6O2S. The van der Waals surface area contributed by atoms with Crippen molar-refractivity contribution in [2.75, 3.05) is 18.6 Å². The van der Waals surface area contributed by atoms with Gasteiger partial charge < -0.3 is 10.6 Å². The Bertz CT molecular complexity index is 833. The van der Waals surface area contributed by atoms with Gasteiger partial charge in [0.15, 0.2) is 5.96 Å². The molecule has 1 atom stereocenters. The van der Waals surface area contributed by atoms with Crippen molar-refractivity contribution in [3.63, 3.8) is 0 Å². The third-order valence-electron chi connectivity index (χ3n) is 3.87. The Hall–Kier alpha value is -2.42. The van der Waals surface area contributed by atoms with E-state index in [1.54, 1.807) is 11.0 Å². The molecule has 1 aromatic carbocycles. The SMILES string of the molecule is CCNC(=NCc1cccc(Cn2cncn2)c1)NC(C)CCS(C)(=O)=O. The largest absolute Gasteiger partial charge is 0.357 e. The van der Waals surface area contributed by atoms with Crippen molar-refractivity contribution in [3.8, 4) is 0 Å². The number of rotatable bonds is 9. The number of sulfone groups is 1. The summed E-state index contributed by atoms with van der Waals surface area (Å²) in [5.41, 5.74) is 2.22. The second-order valence-electron chi connectivity index (χ2n) is 6.57. The second kappa shape index (κ2) is 10.1. The molecule has 0 amide bonds. The van der Waals surface area contributed by atoms with Crippen LogP contribution in [0, 0.1) is 0 Å². The Labute approximate surface area is 161 Å². The molecule has 0 radical (unpaired) electrons. The van der Waals surface area contributed by atoms with Gasteiger partial charge in [0.1, 0.15) is 22.5 Å². The first-order chi connectivity index (χ1) is 12.9. The number of nitrogens with one attached hydrogen (secondary N) is 2. The van der Waals surface area contributed by atoms with Crippen molar-refractivity contribution in [2.45, 2.75) is 39.4 Å². The molecule has 0 aliphatic heterocycles. The summed E-state index contributed by atoms with van der Waals surface area (Å²) in [6, 6.07) is 8.20. The summed E-state index contributed by atoms with van der Waals surface area (Å²) < 4.78 is 24.4. The van der Waals surface area contributed by atoms with Crippen LogP contribution in [-0.4, -0.2) is 53.7 Å². The van der Waals surface area contributed by atoms with Crippen molar-refractivity contribution in [2.24, 2.45) is 4.99 Å². The molecule has 1 heterocycles. The fraction of sp³-hybridized carbons (Fsp3) is 0.500. The molecule has 0 fully saturated rings. The standard InChI is InChI=1S/C18H28N6O2S/c1-4-20-18(23-15(2)8-9-27(3,25)26)21-11-16-6-5-7-17(10-16)12-24-14-19-13-22-24/h5-7,10,13-15H,4,8-9,11-12H2,1-3H3,(H2,20,21,23). The maximum atomic E-state index is 11.3. The quantitative estimate of drug-likeness (QED) is 0.491. The van der Waals surface area contributed by atoms with Gasteiger partial charge in [0.05, 0.1) is 18.8 Å². The normalized spacial score (nSPS) is 13.4. The van der Waals surface area contributed by atoms with Gasteiger partial charge in [0.25, 0.3) is 0 Å². The van der Waals surface area contributed by atoms with E-state index in [2.05, 4.69) is 31.8 Å². The van der Waals surface area contributed by atoms with Gasteiger partial charge in [-0.15, -0.1) is 0 Å². The van der Waals surface area contributed by atoms with Gasteiger partial charge in [0.2, 0.25) is 0 Å². The molecule has 2 aromatic rings. The summed E-state index contributed by atoms with van der Waals surface area (Å²) in [6.07, 6.45) is 5.01. The number of aliphatic imine (C=N–C) groups is 1. The first-order valence-corrected chi connectivity index (χ1v) is 11.0. The third kappa shape index (κ3) is 8.21. The van der Waals surface area contributed by atoms with Gasteiger partial charge in [0, 0.05) is 18.8 Å². The van der Waals surface area contributed by atoms with Gasteiger partial charge in [-0.1, -0.05) is 24.3 Å². The number of aromatic nitrogens is 3. The van der Waals surface area contributed by atoms with E-state index >= 15 is 0 Å². The maximum Gasteiger partial charge on any atom is 0.191 e. The van der Waals surface area contributed by atoms with E-state index in [1.165, 1.54) is 12.6 Å². The zero-order valence-corrected chi connectivity index (χ0v) is 16.9. The van der Waals surface area contributed by atoms with Crippen molar-refractivity contribution in [1.29, 1.82) is 0 Å². The lowest BCUT2D eigenvalue weighted by Crippen LogP contribution is -2.42. The summed E-state index contributed by atoms with van der Waals surface area (Å²) in [7, 11) is -2.96. The highest BCUT2D eigenvalue weighted by Gasteiger charge is 2.09. The van der Waals surface area contributed by atoms with E-state index < -0.39 is 9.84 Å². The molecule has 27 heavy (non-hydrogen) atoms. The van der Waals surface area contributed by atoms with Gasteiger partial charge >= 0.3 is 0 Å². The van der Waals surface area contributed by atoms with Crippen molar-refractivity contribution in [1.82, 2.24) is 25.4 Å². The second-order valence-corrected chi connectivity index (χ2v) is 8.83. The summed E-state index contributed by atoms with van der Waals surface area (Å²) in [5.74, 6) is 0.838. The Morgan fingerprint density at radius 1 is 1.33 bits per heavy atom. The van der Waals surface area contributed by atoms with Crippen LogP contribution in [0.1, 0.15) is 31.4 Å². The minimum absolute atomic E-state index is 0.0103. The number of hydrogen-bond donors (Lipinski definition) is 2. The molecule has 148 valence electrons. The van der Waals surface area contributed by atoms with Crippen LogP contribution < -0.4 is 10.6 Å². The molecule has 0 aliphatic carbocycles. The number of hydrogen-bond acceptors (Lipinski definition) is 5. The van der Waals surface area contributed by atoms with E-state index in [-0.39, 0.29) is 11.8 Å². The molecule has 9 heteroatoms. The fourth-order valence-corrected chi connectivity index (χ4v) is 3.30. The molecule has 1 aromatic heterocycles. The van der Waals surface area contributed by atoms with Crippen molar-refractivity contribution < 1.29 is 8.42 Å². The predicted molar refractivity (Wildman–Crippen MR) is 107 cm³/mol. The lowest BCUT2D eigenvalue weighted by atomic mass is 10.1. The zero-order chi connectivity index (χ0) is 19.7. The summed E-state index contributed by atoms with van der Waals surface area (Å²) in [4.78, 5) is 8.57. The average molecular weight is 393 g/mol. The summed E-state index contributed by atoms with van der Waals surface area (Å²) in [6.45, 7) is 5.88. The smallest absolute Gasteiger partial charge is 0.191 e. The lowest BCUT2D eigenvalue weighted by Gasteiger charge is -2.17. The van der Waals surface area contributed by atoms with E-state index in [0.29, 0.717) is 25.5 Å². The lowest BCUT2D eigenvalue weighted by molar-refractivity contribution is 0.581. The zero-order valence-electron chi connectivity index (χ0n) is 16.1. The number of nitrogens with zero attached hydrogens (tertiary/aromatic N) is 4. The average Bonchev–Trinajstić information content (AvgIpc) is 3.11. The van der Waals surface area contributed by atoms with Crippen LogP contribution in [-0.2, 0) is 22.9 Å². The van der Waals surface area contributed by atoms with Gasteiger partial charge in [-0.2, -0.15) is 5.10 Å². The van der Waals surface area contributed by atoms with E-state index in [4.69, 9.17) is 0 Å². The molecule has 2 rings (SSSR count). The first-order valence-electron chi connectivity index (χ1n) is 8.98. The van der Waals surface area contributed by atoms with Crippen LogP contribution in [0.15, 0.2) is 41.9 Å². The summed E-state index contributed by atoms with van der Waals surface area (Å²) >= 11 is 0. The van der Waals surface area contributed by atoms with Gasteiger partial charge in [-0.25, -0.2) is 23.1 Å². The molecule has 1 unspecified atom stereocenters. The molecular weight excluding hydrogens is 364 g/mol. The fourth-order valence-electron chi connectivity index (χ4n) is 2.51. The van der Waals surface area contributed by atoms with Crippen LogP contribution in [0.3, 0.4) is 0 Å². The molecule has 2 N–H and O–H groups in total. The maximum absolute atomic E-state index is 11.3. The Morgan fingerprint density at radius 3 is 2.78 bits per heavy atom. The van der Waals surface area contributed by atoms with Crippen molar-refractivity contribution >= 4 is 15.8 Å². The van der Waals surface area contributed by atoms with E-state index in [9.17, 15) is 8.42 Å². The van der Waals surface area contributed by atoms with Crippen molar-refractivity contribution in [3.05, 3.63) is 48.0 Å². The molecule has 0 saturated heterocycles. The predicted octanol–water partition coefficient (Wildman–Crippen LogP) is 1.20. The highest BCUT2D eigenvalue weighted by atomic mass is 32.2. The molecule has 0 spiro atoms. The number of benzene rings is 1. The Kier molecular flexibility index (Phi) is 7.78. The van der Waals surface area contributed by atoms with Gasteiger partial charge in [-0.3, -0.25) is 0 Å². The third-order valence-corrected chi connectivity index (χ3v) is 4.85. The first kappa shape index (κ1) is 20.9. The number of guanidine groups is 1. The topological polar surface area (TPSA) is 101 Å². The Balaban J connectivity index is 1.97.